The summed E-state index contributed by atoms with van der Waals surface area (Å²) in [6, 6.07) is 4.84. The molecule has 0 saturated carbocycles. The number of aliphatic hydroxyl groups excluding tert-OH is 1. The first-order valence-corrected chi connectivity index (χ1v) is 8.12. The second-order valence-corrected chi connectivity index (χ2v) is 7.12. The van der Waals surface area contributed by atoms with E-state index in [0.717, 1.165) is 0 Å². The van der Waals surface area contributed by atoms with Crippen LogP contribution >= 0.6 is 0 Å². The fourth-order valence-electron chi connectivity index (χ4n) is 2.64. The minimum atomic E-state index is -3.58. The third-order valence-corrected chi connectivity index (χ3v) is 6.05. The lowest BCUT2D eigenvalue weighted by Gasteiger charge is -2.27. The van der Waals surface area contributed by atoms with Crippen molar-refractivity contribution in [2.24, 2.45) is 0 Å². The van der Waals surface area contributed by atoms with Gasteiger partial charge in [-0.25, -0.2) is 8.42 Å². The molecule has 1 N–H and O–H groups in total. The van der Waals surface area contributed by atoms with Crippen molar-refractivity contribution in [3.63, 3.8) is 0 Å². The molecule has 2 atom stereocenters. The van der Waals surface area contributed by atoms with Crippen molar-refractivity contribution >= 4 is 10.0 Å². The van der Waals surface area contributed by atoms with E-state index in [1.54, 1.807) is 32.2 Å². The van der Waals surface area contributed by atoms with E-state index >= 15 is 0 Å². The normalized spacial score (nSPS) is 23.4. The average molecular weight is 299 g/mol. The highest BCUT2D eigenvalue weighted by atomic mass is 32.2. The van der Waals surface area contributed by atoms with Crippen LogP contribution in [0.1, 0.15) is 24.5 Å². The topological polar surface area (TPSA) is 66.8 Å². The Labute approximate surface area is 120 Å². The summed E-state index contributed by atoms with van der Waals surface area (Å²) in [6.45, 7) is 4.03. The molecular weight excluding hydrogens is 278 g/mol. The third kappa shape index (κ3) is 2.61. The van der Waals surface area contributed by atoms with E-state index < -0.39 is 10.0 Å². The lowest BCUT2D eigenvalue weighted by molar-refractivity contribution is 0.102. The van der Waals surface area contributed by atoms with E-state index in [1.165, 1.54) is 4.31 Å². The second kappa shape index (κ2) is 5.81. The van der Waals surface area contributed by atoms with Crippen LogP contribution in [0.4, 0.5) is 0 Å². The van der Waals surface area contributed by atoms with Gasteiger partial charge >= 0.3 is 0 Å². The molecule has 1 heterocycles. The monoisotopic (exact) mass is 299 g/mol. The Morgan fingerprint density at radius 3 is 2.70 bits per heavy atom. The molecule has 5 nitrogen and oxygen atoms in total. The van der Waals surface area contributed by atoms with Crippen LogP contribution in [0.25, 0.3) is 0 Å². The number of ether oxygens (including phenoxy) is 1. The molecule has 0 radical (unpaired) electrons. The Morgan fingerprint density at radius 2 is 2.15 bits per heavy atom. The molecule has 1 aromatic carbocycles. The van der Waals surface area contributed by atoms with Crippen LogP contribution in [0.2, 0.25) is 0 Å². The van der Waals surface area contributed by atoms with Crippen LogP contribution in [0, 0.1) is 6.92 Å². The van der Waals surface area contributed by atoms with Gasteiger partial charge in [0.15, 0.2) is 0 Å². The highest BCUT2D eigenvalue weighted by Crippen LogP contribution is 2.27. The standard InChI is InChI=1S/C14H21NO4S/c1-10-12(9-16)5-4-6-14(10)20(17,18)15(3)13-7-8-19-11(13)2/h4-6,11,13,16H,7-9H2,1-3H3. The van der Waals surface area contributed by atoms with Crippen LogP contribution < -0.4 is 0 Å². The van der Waals surface area contributed by atoms with Gasteiger partial charge in [0.2, 0.25) is 10.0 Å². The zero-order valence-corrected chi connectivity index (χ0v) is 12.9. The maximum atomic E-state index is 12.7. The molecule has 1 aliphatic heterocycles. The van der Waals surface area contributed by atoms with Gasteiger partial charge in [0.25, 0.3) is 0 Å². The summed E-state index contributed by atoms with van der Waals surface area (Å²) in [5.74, 6) is 0. The molecular formula is C14H21NO4S. The summed E-state index contributed by atoms with van der Waals surface area (Å²) in [5, 5.41) is 9.27. The van der Waals surface area contributed by atoms with Gasteiger partial charge in [-0.05, 0) is 37.5 Å². The summed E-state index contributed by atoms with van der Waals surface area (Å²) in [4.78, 5) is 0.255. The highest BCUT2D eigenvalue weighted by molar-refractivity contribution is 7.89. The first kappa shape index (κ1) is 15.4. The number of benzene rings is 1. The first-order chi connectivity index (χ1) is 9.39. The van der Waals surface area contributed by atoms with Gasteiger partial charge < -0.3 is 9.84 Å². The summed E-state index contributed by atoms with van der Waals surface area (Å²) in [6.07, 6.45) is 0.603. The van der Waals surface area contributed by atoms with Crippen LogP contribution in [-0.2, 0) is 21.4 Å². The molecule has 0 aliphatic carbocycles. The Bertz CT molecular complexity index is 585. The maximum Gasteiger partial charge on any atom is 0.243 e. The predicted molar refractivity (Wildman–Crippen MR) is 75.9 cm³/mol. The summed E-state index contributed by atoms with van der Waals surface area (Å²) in [5.41, 5.74) is 1.24. The van der Waals surface area contributed by atoms with Crippen LogP contribution in [0.15, 0.2) is 23.1 Å². The summed E-state index contributed by atoms with van der Waals surface area (Å²) < 4.78 is 32.3. The highest BCUT2D eigenvalue weighted by Gasteiger charge is 2.35. The molecule has 1 aliphatic rings. The predicted octanol–water partition coefficient (Wildman–Crippen LogP) is 1.29. The van der Waals surface area contributed by atoms with Gasteiger partial charge in [-0.15, -0.1) is 0 Å². The van der Waals surface area contributed by atoms with E-state index in [0.29, 0.717) is 24.2 Å². The largest absolute Gasteiger partial charge is 0.392 e. The zero-order valence-electron chi connectivity index (χ0n) is 12.0. The lowest BCUT2D eigenvalue weighted by Crippen LogP contribution is -2.41. The molecule has 0 aromatic heterocycles. The molecule has 1 saturated heterocycles. The molecule has 1 fully saturated rings. The number of aliphatic hydroxyl groups is 1. The number of sulfonamides is 1. The maximum absolute atomic E-state index is 12.7. The summed E-state index contributed by atoms with van der Waals surface area (Å²) in [7, 11) is -1.98. The van der Waals surface area contributed by atoms with Crippen molar-refractivity contribution in [2.75, 3.05) is 13.7 Å². The summed E-state index contributed by atoms with van der Waals surface area (Å²) >= 11 is 0. The Hall–Kier alpha value is -0.950. The lowest BCUT2D eigenvalue weighted by atomic mass is 10.1. The quantitative estimate of drug-likeness (QED) is 0.909. The molecule has 0 amide bonds. The SMILES string of the molecule is Cc1c(CO)cccc1S(=O)(=O)N(C)C1CCOC1C. The van der Waals surface area contributed by atoms with E-state index in [-0.39, 0.29) is 23.6 Å². The van der Waals surface area contributed by atoms with E-state index in [1.807, 2.05) is 6.92 Å². The number of nitrogens with zero attached hydrogens (tertiary/aromatic N) is 1. The van der Waals surface area contributed by atoms with Gasteiger partial charge in [-0.3, -0.25) is 0 Å². The van der Waals surface area contributed by atoms with E-state index in [2.05, 4.69) is 0 Å². The second-order valence-electron chi connectivity index (χ2n) is 5.15. The molecule has 2 rings (SSSR count). The van der Waals surface area contributed by atoms with E-state index in [9.17, 15) is 13.5 Å². The third-order valence-electron chi connectivity index (χ3n) is 4.03. The van der Waals surface area contributed by atoms with Crippen molar-refractivity contribution < 1.29 is 18.3 Å². The first-order valence-electron chi connectivity index (χ1n) is 6.68. The number of hydrogen-bond acceptors (Lipinski definition) is 4. The number of rotatable bonds is 4. The molecule has 2 unspecified atom stereocenters. The van der Waals surface area contributed by atoms with Gasteiger partial charge in [0.1, 0.15) is 0 Å². The Morgan fingerprint density at radius 1 is 1.45 bits per heavy atom. The minimum absolute atomic E-state index is 0.101. The molecule has 20 heavy (non-hydrogen) atoms. The molecule has 112 valence electrons. The van der Waals surface area contributed by atoms with E-state index in [4.69, 9.17) is 4.74 Å². The van der Waals surface area contributed by atoms with Gasteiger partial charge in [0, 0.05) is 13.7 Å². The Balaban J connectivity index is 2.40. The average Bonchev–Trinajstić information content (AvgIpc) is 2.84. The fourth-order valence-corrected chi connectivity index (χ4v) is 4.35. The number of likely N-dealkylation sites (N-methyl/N-ethyl adjacent to an activating group) is 1. The van der Waals surface area contributed by atoms with Crippen LogP contribution in [-0.4, -0.2) is 43.6 Å². The molecule has 1 aromatic rings. The van der Waals surface area contributed by atoms with Gasteiger partial charge in [0.05, 0.1) is 23.6 Å². The Kier molecular flexibility index (Phi) is 4.49. The molecule has 6 heteroatoms. The molecule has 0 bridgehead atoms. The fraction of sp³-hybridized carbons (Fsp3) is 0.571. The minimum Gasteiger partial charge on any atom is -0.392 e. The van der Waals surface area contributed by atoms with Gasteiger partial charge in [-0.1, -0.05) is 12.1 Å². The van der Waals surface area contributed by atoms with Crippen LogP contribution in [0.3, 0.4) is 0 Å². The molecule has 0 spiro atoms. The number of hydrogen-bond donors (Lipinski definition) is 1. The van der Waals surface area contributed by atoms with Crippen molar-refractivity contribution in [3.8, 4) is 0 Å². The zero-order chi connectivity index (χ0) is 14.9. The van der Waals surface area contributed by atoms with Gasteiger partial charge in [-0.2, -0.15) is 4.31 Å². The smallest absolute Gasteiger partial charge is 0.243 e. The van der Waals surface area contributed by atoms with Crippen LogP contribution in [0.5, 0.6) is 0 Å². The van der Waals surface area contributed by atoms with Crippen molar-refractivity contribution in [1.29, 1.82) is 0 Å². The van der Waals surface area contributed by atoms with Crippen molar-refractivity contribution in [1.82, 2.24) is 4.31 Å². The van der Waals surface area contributed by atoms with Crippen molar-refractivity contribution in [3.05, 3.63) is 29.3 Å². The van der Waals surface area contributed by atoms with Crippen molar-refractivity contribution in [2.45, 2.75) is 43.9 Å².